The highest BCUT2D eigenvalue weighted by Crippen LogP contribution is 1.85. The van der Waals surface area contributed by atoms with Crippen LogP contribution in [0, 0.1) is 0 Å². The number of hydrogen-bond donors (Lipinski definition) is 0. The van der Waals surface area contributed by atoms with Gasteiger partial charge >= 0.3 is 5.97 Å². The summed E-state index contributed by atoms with van der Waals surface area (Å²) in [5.74, 6) is -0.408. The Bertz CT molecular complexity index is 268. The number of methoxy groups -OCH3 is 1. The Labute approximate surface area is 142 Å². The van der Waals surface area contributed by atoms with E-state index in [-0.39, 0.29) is 13.2 Å². The summed E-state index contributed by atoms with van der Waals surface area (Å²) in [4.78, 5) is 10.7. The molecule has 144 valence electrons. The number of carbonyl (C=O) groups is 1. The van der Waals surface area contributed by atoms with E-state index >= 15 is 0 Å². The molecule has 0 saturated carbocycles. The summed E-state index contributed by atoms with van der Waals surface area (Å²) in [7, 11) is 1.31. The topological polar surface area (TPSA) is 81.7 Å². The van der Waals surface area contributed by atoms with Gasteiger partial charge in [-0.2, -0.15) is 0 Å². The number of carbonyl (C=O) groups excluding carboxylic acids is 1. The van der Waals surface area contributed by atoms with Gasteiger partial charge in [-0.3, -0.25) is 0 Å². The van der Waals surface area contributed by atoms with Gasteiger partial charge in [0, 0.05) is 0 Å². The molecular formula is C15H29FO8. The minimum Gasteiger partial charge on any atom is -0.467 e. The van der Waals surface area contributed by atoms with Crippen molar-refractivity contribution >= 4 is 5.97 Å². The van der Waals surface area contributed by atoms with E-state index in [0.29, 0.717) is 66.1 Å². The van der Waals surface area contributed by atoms with Gasteiger partial charge in [-0.15, -0.1) is 0 Å². The number of halogens is 1. The minimum absolute atomic E-state index is 0.0674. The molecule has 0 bridgehead atoms. The van der Waals surface area contributed by atoms with Gasteiger partial charge in [0.25, 0.3) is 0 Å². The molecule has 8 nitrogen and oxygen atoms in total. The maximum absolute atomic E-state index is 11.7. The van der Waals surface area contributed by atoms with Gasteiger partial charge < -0.3 is 33.2 Å². The third-order valence-electron chi connectivity index (χ3n) is 2.53. The second-order valence-corrected chi connectivity index (χ2v) is 4.38. The van der Waals surface area contributed by atoms with Gasteiger partial charge in [0.05, 0.1) is 79.8 Å². The van der Waals surface area contributed by atoms with E-state index in [1.54, 1.807) is 0 Å². The van der Waals surface area contributed by atoms with Crippen molar-refractivity contribution in [2.75, 3.05) is 93.1 Å². The van der Waals surface area contributed by atoms with Crippen molar-refractivity contribution < 1.29 is 42.3 Å². The zero-order valence-corrected chi connectivity index (χ0v) is 14.3. The van der Waals surface area contributed by atoms with Crippen LogP contribution in [0.3, 0.4) is 0 Å². The van der Waals surface area contributed by atoms with Crippen molar-refractivity contribution in [1.29, 1.82) is 0 Å². The van der Waals surface area contributed by atoms with E-state index in [4.69, 9.17) is 28.4 Å². The molecular weight excluding hydrogens is 327 g/mol. The van der Waals surface area contributed by atoms with Crippen molar-refractivity contribution in [1.82, 2.24) is 0 Å². The minimum atomic E-state index is -0.475. The van der Waals surface area contributed by atoms with Gasteiger partial charge in [0.1, 0.15) is 13.3 Å². The third-order valence-corrected chi connectivity index (χ3v) is 2.53. The van der Waals surface area contributed by atoms with Crippen LogP contribution in [0.15, 0.2) is 0 Å². The van der Waals surface area contributed by atoms with E-state index in [1.165, 1.54) is 7.11 Å². The summed E-state index contributed by atoms with van der Waals surface area (Å²) < 4.78 is 47.1. The predicted molar refractivity (Wildman–Crippen MR) is 82.9 cm³/mol. The molecule has 0 aromatic carbocycles. The van der Waals surface area contributed by atoms with Crippen LogP contribution in [-0.4, -0.2) is 99.0 Å². The van der Waals surface area contributed by atoms with Gasteiger partial charge in [-0.25, -0.2) is 9.18 Å². The molecule has 0 spiro atoms. The summed E-state index contributed by atoms with van der Waals surface area (Å²) in [6.07, 6.45) is 0. The number of hydrogen-bond acceptors (Lipinski definition) is 8. The van der Waals surface area contributed by atoms with Gasteiger partial charge in [-0.05, 0) is 0 Å². The Hall–Kier alpha value is -0.840. The highest BCUT2D eigenvalue weighted by atomic mass is 19.1. The molecule has 0 amide bonds. The number of esters is 1. The molecule has 0 heterocycles. The lowest BCUT2D eigenvalue weighted by atomic mass is 10.6. The number of alkyl halides is 1. The van der Waals surface area contributed by atoms with Gasteiger partial charge in [0.2, 0.25) is 0 Å². The zero-order valence-electron chi connectivity index (χ0n) is 14.3. The number of rotatable bonds is 19. The summed E-state index contributed by atoms with van der Waals surface area (Å²) >= 11 is 0. The van der Waals surface area contributed by atoms with E-state index in [2.05, 4.69) is 4.74 Å². The van der Waals surface area contributed by atoms with Crippen LogP contribution in [-0.2, 0) is 38.0 Å². The summed E-state index contributed by atoms with van der Waals surface area (Å²) in [6.45, 7) is 3.91. The lowest BCUT2D eigenvalue weighted by molar-refractivity contribution is -0.146. The maximum atomic E-state index is 11.7. The Morgan fingerprint density at radius 1 is 0.625 bits per heavy atom. The van der Waals surface area contributed by atoms with Crippen LogP contribution in [0.2, 0.25) is 0 Å². The quantitative estimate of drug-likeness (QED) is 0.240. The molecule has 0 aromatic rings. The molecule has 0 atom stereocenters. The maximum Gasteiger partial charge on any atom is 0.331 e. The van der Waals surface area contributed by atoms with Crippen molar-refractivity contribution in [2.45, 2.75) is 0 Å². The Morgan fingerprint density at radius 3 is 1.29 bits per heavy atom. The lowest BCUT2D eigenvalue weighted by Gasteiger charge is -2.08. The molecule has 24 heavy (non-hydrogen) atoms. The largest absolute Gasteiger partial charge is 0.467 e. The standard InChI is InChI=1S/C15H29FO8/c1-18-15(17)14-24-13-12-23-11-10-22-9-8-21-7-6-20-5-4-19-3-2-16/h2-14H2,1H3. The number of ether oxygens (including phenoxy) is 7. The molecule has 0 aliphatic carbocycles. The zero-order chi connectivity index (χ0) is 17.7. The van der Waals surface area contributed by atoms with Crippen molar-refractivity contribution in [3.8, 4) is 0 Å². The van der Waals surface area contributed by atoms with Crippen LogP contribution in [0.25, 0.3) is 0 Å². The Kier molecular flexibility index (Phi) is 19.5. The predicted octanol–water partition coefficient (Wildman–Crippen LogP) is 0.229. The average molecular weight is 356 g/mol. The molecule has 9 heteroatoms. The van der Waals surface area contributed by atoms with Crippen molar-refractivity contribution in [3.63, 3.8) is 0 Å². The third kappa shape index (κ3) is 19.2. The molecule has 0 fully saturated rings. The first-order valence-corrected chi connectivity index (χ1v) is 7.90. The van der Waals surface area contributed by atoms with Crippen LogP contribution in [0.1, 0.15) is 0 Å². The van der Waals surface area contributed by atoms with E-state index in [1.807, 2.05) is 0 Å². The molecule has 0 saturated heterocycles. The SMILES string of the molecule is COC(=O)COCCOCCOCCOCCOCCOCCF. The molecule has 0 aromatic heterocycles. The Balaban J connectivity index is 2.99. The first-order valence-electron chi connectivity index (χ1n) is 7.90. The van der Waals surface area contributed by atoms with E-state index < -0.39 is 12.6 Å². The fraction of sp³-hybridized carbons (Fsp3) is 0.933. The first-order chi connectivity index (χ1) is 11.8. The van der Waals surface area contributed by atoms with Crippen molar-refractivity contribution in [3.05, 3.63) is 0 Å². The second kappa shape index (κ2) is 20.2. The summed E-state index contributed by atoms with van der Waals surface area (Å²) in [5.41, 5.74) is 0. The molecule has 0 rings (SSSR count). The van der Waals surface area contributed by atoms with Crippen molar-refractivity contribution in [2.24, 2.45) is 0 Å². The summed E-state index contributed by atoms with van der Waals surface area (Å²) in [6, 6.07) is 0. The summed E-state index contributed by atoms with van der Waals surface area (Å²) in [5, 5.41) is 0. The highest BCUT2D eigenvalue weighted by molar-refractivity contribution is 5.70. The molecule has 0 aliphatic heterocycles. The van der Waals surface area contributed by atoms with Crippen LogP contribution in [0.4, 0.5) is 4.39 Å². The molecule has 0 unspecified atom stereocenters. The average Bonchev–Trinajstić information content (AvgIpc) is 2.60. The first kappa shape index (κ1) is 23.2. The molecule has 0 aliphatic rings. The van der Waals surface area contributed by atoms with Crippen LogP contribution < -0.4 is 0 Å². The molecule has 0 N–H and O–H groups in total. The fourth-order valence-electron chi connectivity index (χ4n) is 1.37. The van der Waals surface area contributed by atoms with E-state index in [0.717, 1.165) is 0 Å². The molecule has 0 radical (unpaired) electrons. The fourth-order valence-corrected chi connectivity index (χ4v) is 1.37. The smallest absolute Gasteiger partial charge is 0.331 e. The van der Waals surface area contributed by atoms with Crippen LogP contribution in [0.5, 0.6) is 0 Å². The van der Waals surface area contributed by atoms with E-state index in [9.17, 15) is 9.18 Å². The highest BCUT2D eigenvalue weighted by Gasteiger charge is 1.98. The Morgan fingerprint density at radius 2 is 0.958 bits per heavy atom. The van der Waals surface area contributed by atoms with Gasteiger partial charge in [0.15, 0.2) is 0 Å². The van der Waals surface area contributed by atoms with Crippen LogP contribution >= 0.6 is 0 Å². The second-order valence-electron chi connectivity index (χ2n) is 4.38. The van der Waals surface area contributed by atoms with Gasteiger partial charge in [-0.1, -0.05) is 0 Å². The monoisotopic (exact) mass is 356 g/mol. The normalized spacial score (nSPS) is 10.9. The lowest BCUT2D eigenvalue weighted by Crippen LogP contribution is -2.15.